The highest BCUT2D eigenvalue weighted by Crippen LogP contribution is 2.29. The van der Waals surface area contributed by atoms with Crippen molar-refractivity contribution in [3.63, 3.8) is 0 Å². The number of ether oxygens (including phenoxy) is 2. The Labute approximate surface area is 203 Å². The molecular weight excluding hydrogens is 542 g/mol. The van der Waals surface area contributed by atoms with Crippen molar-refractivity contribution in [1.29, 1.82) is 0 Å². The van der Waals surface area contributed by atoms with Crippen molar-refractivity contribution in [1.82, 2.24) is 0 Å². The molecule has 0 aliphatic rings. The van der Waals surface area contributed by atoms with E-state index in [1.165, 1.54) is 12.1 Å². The molecule has 0 N–H and O–H groups in total. The van der Waals surface area contributed by atoms with Crippen molar-refractivity contribution in [3.05, 3.63) is 106 Å². The van der Waals surface area contributed by atoms with Crippen molar-refractivity contribution in [2.45, 2.75) is 0 Å². The minimum atomic E-state index is -2.49. The van der Waals surface area contributed by atoms with E-state index >= 15 is 0 Å². The fraction of sp³-hybridized carbons (Fsp3) is 0. The van der Waals surface area contributed by atoms with Crippen LogP contribution < -0.4 is 9.47 Å². The minimum absolute atomic E-state index is 0.0235. The largest absolute Gasteiger partial charge is 0.423 e. The van der Waals surface area contributed by atoms with Crippen LogP contribution in [0.2, 0.25) is 0 Å². The third-order valence-electron chi connectivity index (χ3n) is 5.03. The summed E-state index contributed by atoms with van der Waals surface area (Å²) in [5.74, 6) is -29.1. The van der Waals surface area contributed by atoms with Gasteiger partial charge >= 0.3 is 11.9 Å². The van der Waals surface area contributed by atoms with Crippen LogP contribution in [-0.2, 0) is 0 Å². The molecule has 0 aliphatic heterocycles. The third kappa shape index (κ3) is 4.37. The van der Waals surface area contributed by atoms with E-state index in [1.807, 2.05) is 0 Å². The molecular formula is C24H6F10O4. The summed E-state index contributed by atoms with van der Waals surface area (Å²) in [6, 6.07) is 6.57. The van der Waals surface area contributed by atoms with Crippen LogP contribution in [0.5, 0.6) is 11.5 Å². The van der Waals surface area contributed by atoms with Crippen molar-refractivity contribution in [2.24, 2.45) is 0 Å². The van der Waals surface area contributed by atoms with Crippen LogP contribution in [-0.4, -0.2) is 11.9 Å². The van der Waals surface area contributed by atoms with Crippen LogP contribution in [0.1, 0.15) is 20.7 Å². The molecule has 0 heterocycles. The Morgan fingerprint density at radius 2 is 0.711 bits per heavy atom. The minimum Gasteiger partial charge on any atom is -0.423 e. The van der Waals surface area contributed by atoms with Gasteiger partial charge in [0.1, 0.15) is 22.6 Å². The van der Waals surface area contributed by atoms with E-state index in [0.717, 1.165) is 24.3 Å². The van der Waals surface area contributed by atoms with E-state index < -0.39 is 92.7 Å². The highest BCUT2D eigenvalue weighted by Gasteiger charge is 2.32. The number of carbonyl (C=O) groups excluding carboxylic acids is 2. The molecule has 4 aromatic carbocycles. The van der Waals surface area contributed by atoms with Crippen molar-refractivity contribution >= 4 is 22.7 Å². The summed E-state index contributed by atoms with van der Waals surface area (Å²) in [4.78, 5) is 24.3. The van der Waals surface area contributed by atoms with Gasteiger partial charge in [-0.05, 0) is 35.0 Å². The average molecular weight is 548 g/mol. The second kappa shape index (κ2) is 9.68. The zero-order chi connectivity index (χ0) is 28.0. The van der Waals surface area contributed by atoms with Gasteiger partial charge in [-0.2, -0.15) is 0 Å². The summed E-state index contributed by atoms with van der Waals surface area (Å²) in [5, 5.41) is 0.340. The van der Waals surface area contributed by atoms with E-state index in [4.69, 9.17) is 0 Å². The van der Waals surface area contributed by atoms with Crippen molar-refractivity contribution in [3.8, 4) is 11.5 Å². The maximum atomic E-state index is 13.9. The number of hydrogen-bond donors (Lipinski definition) is 0. The summed E-state index contributed by atoms with van der Waals surface area (Å²) >= 11 is 0. The lowest BCUT2D eigenvalue weighted by Crippen LogP contribution is -2.17. The zero-order valence-corrected chi connectivity index (χ0v) is 17.9. The molecule has 14 heteroatoms. The second-order valence-electron chi connectivity index (χ2n) is 7.34. The molecule has 0 unspecified atom stereocenters. The molecule has 0 atom stereocenters. The van der Waals surface area contributed by atoms with Crippen molar-refractivity contribution < 1.29 is 63.0 Å². The molecule has 0 aliphatic carbocycles. The summed E-state index contributed by atoms with van der Waals surface area (Å²) in [7, 11) is 0. The van der Waals surface area contributed by atoms with E-state index in [0.29, 0.717) is 5.39 Å². The molecule has 0 aromatic heterocycles. The van der Waals surface area contributed by atoms with Crippen molar-refractivity contribution in [2.75, 3.05) is 0 Å². The molecule has 0 radical (unpaired) electrons. The molecule has 4 nitrogen and oxygen atoms in total. The predicted octanol–water partition coefficient (Wildman–Crippen LogP) is 6.67. The first-order chi connectivity index (χ1) is 17.8. The van der Waals surface area contributed by atoms with Crippen LogP contribution in [0.15, 0.2) is 36.4 Å². The monoisotopic (exact) mass is 548 g/mol. The fourth-order valence-corrected chi connectivity index (χ4v) is 3.21. The number of halogens is 10. The maximum absolute atomic E-state index is 13.9. The third-order valence-corrected chi connectivity index (χ3v) is 5.03. The topological polar surface area (TPSA) is 52.6 Å². The lowest BCUT2D eigenvalue weighted by Gasteiger charge is -2.10. The number of rotatable bonds is 4. The Bertz CT molecular complexity index is 1490. The van der Waals surface area contributed by atoms with E-state index in [1.54, 1.807) is 0 Å². The first-order valence-corrected chi connectivity index (χ1v) is 9.84. The molecule has 0 amide bonds. The molecule has 0 spiro atoms. The predicted molar refractivity (Wildman–Crippen MR) is 106 cm³/mol. The number of esters is 2. The average Bonchev–Trinajstić information content (AvgIpc) is 2.88. The van der Waals surface area contributed by atoms with Gasteiger partial charge in [-0.15, -0.1) is 0 Å². The molecule has 0 fully saturated rings. The van der Waals surface area contributed by atoms with Gasteiger partial charge in [-0.1, -0.05) is 12.1 Å². The molecule has 0 saturated heterocycles. The summed E-state index contributed by atoms with van der Waals surface area (Å²) < 4.78 is 145. The lowest BCUT2D eigenvalue weighted by molar-refractivity contribution is 0.0711. The summed E-state index contributed by atoms with van der Waals surface area (Å²) in [6.07, 6.45) is 0. The Morgan fingerprint density at radius 1 is 0.421 bits per heavy atom. The van der Waals surface area contributed by atoms with Gasteiger partial charge < -0.3 is 9.47 Å². The highest BCUT2D eigenvalue weighted by molar-refractivity contribution is 5.94. The molecule has 4 rings (SSSR count). The molecule has 38 heavy (non-hydrogen) atoms. The van der Waals surface area contributed by atoms with Gasteiger partial charge in [0.2, 0.25) is 11.6 Å². The molecule has 0 bridgehead atoms. The first kappa shape index (κ1) is 26.4. The quantitative estimate of drug-likeness (QED) is 0.0941. The number of carbonyl (C=O) groups is 2. The van der Waals surface area contributed by atoms with Gasteiger partial charge in [0.05, 0.1) is 0 Å². The molecule has 0 saturated carbocycles. The van der Waals surface area contributed by atoms with Crippen LogP contribution in [0.25, 0.3) is 10.8 Å². The van der Waals surface area contributed by atoms with E-state index in [9.17, 15) is 53.5 Å². The Kier molecular flexibility index (Phi) is 6.74. The lowest BCUT2D eigenvalue weighted by atomic mass is 10.1. The Hall–Kier alpha value is -4.62. The smallest absolute Gasteiger partial charge is 0.349 e. The van der Waals surface area contributed by atoms with E-state index in [-0.39, 0.29) is 5.39 Å². The summed E-state index contributed by atoms with van der Waals surface area (Å²) in [5.41, 5.74) is -3.74. The fourth-order valence-electron chi connectivity index (χ4n) is 3.21. The highest BCUT2D eigenvalue weighted by atomic mass is 19.2. The zero-order valence-electron chi connectivity index (χ0n) is 17.9. The summed E-state index contributed by atoms with van der Waals surface area (Å²) in [6.45, 7) is 0. The van der Waals surface area contributed by atoms with Gasteiger partial charge in [-0.3, -0.25) is 0 Å². The molecule has 4 aromatic rings. The second-order valence-corrected chi connectivity index (χ2v) is 7.34. The van der Waals surface area contributed by atoms with Crippen LogP contribution in [0, 0.1) is 58.2 Å². The standard InChI is InChI=1S/C24H6F10O4/c25-13-11(14(26)18(30)21(33)17(13)29)23(35)37-9-3-1-7-2-4-10(6-8(7)5-9)38-24(36)12-15(27)19(31)22(34)20(32)16(12)28/h1-6H. The number of fused-ring (bicyclic) bond motifs is 1. The SMILES string of the molecule is O=C(Oc1ccc2ccc(OC(=O)c3c(F)c(F)c(F)c(F)c3F)cc2c1)c1c(F)c(F)c(F)c(F)c1F. The van der Waals surface area contributed by atoms with Gasteiger partial charge in [0.15, 0.2) is 46.5 Å². The van der Waals surface area contributed by atoms with Crippen LogP contribution >= 0.6 is 0 Å². The van der Waals surface area contributed by atoms with Crippen LogP contribution in [0.3, 0.4) is 0 Å². The maximum Gasteiger partial charge on any atom is 0.349 e. The van der Waals surface area contributed by atoms with E-state index in [2.05, 4.69) is 9.47 Å². The Balaban J connectivity index is 1.64. The van der Waals surface area contributed by atoms with Gasteiger partial charge in [0.25, 0.3) is 0 Å². The molecule has 196 valence electrons. The number of benzene rings is 4. The Morgan fingerprint density at radius 3 is 1.03 bits per heavy atom. The van der Waals surface area contributed by atoms with Gasteiger partial charge in [-0.25, -0.2) is 53.5 Å². The van der Waals surface area contributed by atoms with Gasteiger partial charge in [0, 0.05) is 0 Å². The normalized spacial score (nSPS) is 11.1. The first-order valence-electron chi connectivity index (χ1n) is 9.84. The van der Waals surface area contributed by atoms with Crippen LogP contribution in [0.4, 0.5) is 43.9 Å². The number of hydrogen-bond acceptors (Lipinski definition) is 4.